The van der Waals surface area contributed by atoms with E-state index in [1.54, 1.807) is 0 Å². The number of rotatable bonds is 6. The van der Waals surface area contributed by atoms with Crippen molar-refractivity contribution in [2.24, 2.45) is 5.41 Å². The van der Waals surface area contributed by atoms with E-state index in [1.807, 2.05) is 36.5 Å². The Hall–Kier alpha value is -2.30. The van der Waals surface area contributed by atoms with Gasteiger partial charge in [0, 0.05) is 31.2 Å². The van der Waals surface area contributed by atoms with E-state index in [0.717, 1.165) is 30.2 Å². The number of nitrogens with one attached hydrogen (secondary N) is 1. The van der Waals surface area contributed by atoms with Crippen LogP contribution < -0.4 is 5.32 Å². The molecule has 0 radical (unpaired) electrons. The molecule has 1 fully saturated rings. The summed E-state index contributed by atoms with van der Waals surface area (Å²) in [6.45, 7) is 0.840. The topological polar surface area (TPSA) is 71.3 Å². The normalized spacial score (nSPS) is 16.8. The summed E-state index contributed by atoms with van der Waals surface area (Å²) in [6.07, 6.45) is 6.60. The van der Waals surface area contributed by atoms with E-state index in [2.05, 4.69) is 9.88 Å². The highest BCUT2D eigenvalue weighted by Gasteiger charge is 2.39. The molecule has 0 unspecified atom stereocenters. The number of carbonyl (C=O) groups excluding carboxylic acids is 1. The van der Waals surface area contributed by atoms with E-state index in [4.69, 9.17) is 0 Å². The average molecular weight is 328 g/mol. The number of para-hydroxylation sites is 1. The van der Waals surface area contributed by atoms with Gasteiger partial charge in [-0.1, -0.05) is 37.5 Å². The van der Waals surface area contributed by atoms with Gasteiger partial charge < -0.3 is 15.0 Å². The lowest BCUT2D eigenvalue weighted by molar-refractivity contribution is -0.151. The Balaban J connectivity index is 1.55. The van der Waals surface area contributed by atoms with Crippen LogP contribution in [0.5, 0.6) is 0 Å². The van der Waals surface area contributed by atoms with Gasteiger partial charge in [-0.3, -0.25) is 9.59 Å². The number of hydrogen-bond acceptors (Lipinski definition) is 2. The monoisotopic (exact) mass is 328 g/mol. The number of benzene rings is 1. The van der Waals surface area contributed by atoms with Gasteiger partial charge in [0.25, 0.3) is 0 Å². The summed E-state index contributed by atoms with van der Waals surface area (Å²) in [5, 5.41) is 13.6. The molecule has 1 saturated carbocycles. The molecule has 2 N–H and O–H groups in total. The number of aryl methyl sites for hydroxylation is 1. The molecule has 1 aromatic carbocycles. The summed E-state index contributed by atoms with van der Waals surface area (Å²) in [4.78, 5) is 23.8. The van der Waals surface area contributed by atoms with Crippen molar-refractivity contribution in [3.8, 4) is 0 Å². The molecule has 0 saturated heterocycles. The van der Waals surface area contributed by atoms with Crippen LogP contribution in [0.1, 0.15) is 38.5 Å². The number of carboxylic acids is 1. The van der Waals surface area contributed by atoms with Crippen molar-refractivity contribution in [3.63, 3.8) is 0 Å². The van der Waals surface area contributed by atoms with Gasteiger partial charge in [0.1, 0.15) is 0 Å². The average Bonchev–Trinajstić information content (AvgIpc) is 3.02. The molecule has 128 valence electrons. The van der Waals surface area contributed by atoms with Crippen molar-refractivity contribution in [3.05, 3.63) is 36.5 Å². The fourth-order valence-corrected chi connectivity index (χ4v) is 3.61. The number of hydrogen-bond donors (Lipinski definition) is 2. The zero-order valence-electron chi connectivity index (χ0n) is 13.8. The second-order valence-corrected chi connectivity index (χ2v) is 6.74. The maximum atomic E-state index is 12.2. The molecule has 24 heavy (non-hydrogen) atoms. The first-order valence-corrected chi connectivity index (χ1v) is 8.65. The zero-order valence-corrected chi connectivity index (χ0v) is 13.8. The number of fused-ring (bicyclic) bond motifs is 1. The Morgan fingerprint density at radius 1 is 1.12 bits per heavy atom. The third-order valence-electron chi connectivity index (χ3n) is 5.15. The molecule has 0 atom stereocenters. The lowest BCUT2D eigenvalue weighted by atomic mass is 9.74. The van der Waals surface area contributed by atoms with Crippen molar-refractivity contribution in [1.29, 1.82) is 0 Å². The van der Waals surface area contributed by atoms with Crippen molar-refractivity contribution in [2.45, 2.75) is 45.1 Å². The number of nitrogens with zero attached hydrogens (tertiary/aromatic N) is 1. The van der Waals surface area contributed by atoms with E-state index in [-0.39, 0.29) is 12.5 Å². The largest absolute Gasteiger partial charge is 0.481 e. The summed E-state index contributed by atoms with van der Waals surface area (Å²) in [5.74, 6) is -0.863. The maximum Gasteiger partial charge on any atom is 0.311 e. The predicted octanol–water partition coefficient (Wildman–Crippen LogP) is 3.18. The molecule has 1 amide bonds. The van der Waals surface area contributed by atoms with Crippen LogP contribution in [0.2, 0.25) is 0 Å². The lowest BCUT2D eigenvalue weighted by Gasteiger charge is -2.33. The van der Waals surface area contributed by atoms with Crippen LogP contribution in [0.15, 0.2) is 36.5 Å². The SMILES string of the molecule is O=C(CCn1ccc2ccccc21)NCC1(C(=O)O)CCCCC1. The lowest BCUT2D eigenvalue weighted by Crippen LogP contribution is -2.44. The molecular weight excluding hydrogens is 304 g/mol. The molecule has 5 nitrogen and oxygen atoms in total. The molecule has 0 bridgehead atoms. The molecule has 1 heterocycles. The highest BCUT2D eigenvalue weighted by atomic mass is 16.4. The van der Waals surface area contributed by atoms with E-state index >= 15 is 0 Å². The first-order chi connectivity index (χ1) is 11.6. The minimum Gasteiger partial charge on any atom is -0.481 e. The molecule has 3 rings (SSSR count). The van der Waals surface area contributed by atoms with E-state index in [0.29, 0.717) is 25.8 Å². The van der Waals surface area contributed by atoms with Crippen molar-refractivity contribution < 1.29 is 14.7 Å². The number of amides is 1. The minimum atomic E-state index is -0.779. The molecule has 2 aromatic rings. The second kappa shape index (κ2) is 7.07. The first-order valence-electron chi connectivity index (χ1n) is 8.65. The van der Waals surface area contributed by atoms with Crippen LogP contribution in [0.4, 0.5) is 0 Å². The minimum absolute atomic E-state index is 0.0843. The number of carboxylic acid groups (broad SMARTS) is 1. The van der Waals surface area contributed by atoms with Crippen LogP contribution in [0.25, 0.3) is 10.9 Å². The third kappa shape index (κ3) is 3.45. The fourth-order valence-electron chi connectivity index (χ4n) is 3.61. The van der Waals surface area contributed by atoms with Crippen molar-refractivity contribution in [2.75, 3.05) is 6.54 Å². The van der Waals surface area contributed by atoms with Gasteiger partial charge >= 0.3 is 5.97 Å². The number of aliphatic carboxylic acids is 1. The van der Waals surface area contributed by atoms with E-state index < -0.39 is 11.4 Å². The maximum absolute atomic E-state index is 12.2. The molecule has 1 aliphatic carbocycles. The Kier molecular flexibility index (Phi) is 4.88. The Bertz CT molecular complexity index is 729. The fraction of sp³-hybridized carbons (Fsp3) is 0.474. The van der Waals surface area contributed by atoms with Crippen LogP contribution in [0.3, 0.4) is 0 Å². The number of carbonyl (C=O) groups is 2. The van der Waals surface area contributed by atoms with Crippen LogP contribution in [-0.4, -0.2) is 28.1 Å². The predicted molar refractivity (Wildman–Crippen MR) is 92.7 cm³/mol. The second-order valence-electron chi connectivity index (χ2n) is 6.74. The van der Waals surface area contributed by atoms with Gasteiger partial charge in [-0.2, -0.15) is 0 Å². The third-order valence-corrected chi connectivity index (χ3v) is 5.15. The van der Waals surface area contributed by atoms with Crippen LogP contribution in [-0.2, 0) is 16.1 Å². The molecule has 0 spiro atoms. The van der Waals surface area contributed by atoms with Gasteiger partial charge in [-0.25, -0.2) is 0 Å². The Morgan fingerprint density at radius 3 is 2.62 bits per heavy atom. The highest BCUT2D eigenvalue weighted by molar-refractivity contribution is 5.81. The first kappa shape index (κ1) is 16.6. The summed E-state index contributed by atoms with van der Waals surface area (Å²) in [5.41, 5.74) is 0.341. The van der Waals surface area contributed by atoms with Gasteiger partial charge in [0.2, 0.25) is 5.91 Å². The van der Waals surface area contributed by atoms with Crippen molar-refractivity contribution in [1.82, 2.24) is 9.88 Å². The zero-order chi connectivity index (χ0) is 17.0. The summed E-state index contributed by atoms with van der Waals surface area (Å²) in [6, 6.07) is 10.1. The highest BCUT2D eigenvalue weighted by Crippen LogP contribution is 2.36. The Labute approximate surface area is 141 Å². The van der Waals surface area contributed by atoms with E-state index in [9.17, 15) is 14.7 Å². The van der Waals surface area contributed by atoms with Gasteiger partial charge in [0.05, 0.1) is 5.41 Å². The number of aromatic nitrogens is 1. The standard InChI is InChI=1S/C19H24N2O3/c22-17(20-14-19(18(23)24)10-4-1-5-11-19)9-13-21-12-8-15-6-2-3-7-16(15)21/h2-3,6-8,12H,1,4-5,9-11,13-14H2,(H,20,22)(H,23,24). The van der Waals surface area contributed by atoms with E-state index in [1.165, 1.54) is 0 Å². The molecule has 5 heteroatoms. The van der Waals surface area contributed by atoms with Crippen LogP contribution in [0, 0.1) is 5.41 Å². The summed E-state index contributed by atoms with van der Waals surface area (Å²) < 4.78 is 2.06. The summed E-state index contributed by atoms with van der Waals surface area (Å²) in [7, 11) is 0. The molecule has 0 aliphatic heterocycles. The molecule has 1 aliphatic rings. The summed E-state index contributed by atoms with van der Waals surface area (Å²) >= 11 is 0. The van der Waals surface area contributed by atoms with Crippen molar-refractivity contribution >= 4 is 22.8 Å². The van der Waals surface area contributed by atoms with Crippen LogP contribution >= 0.6 is 0 Å². The van der Waals surface area contributed by atoms with Gasteiger partial charge in [-0.15, -0.1) is 0 Å². The quantitative estimate of drug-likeness (QED) is 0.855. The van der Waals surface area contributed by atoms with Gasteiger partial charge in [0.15, 0.2) is 0 Å². The molecule has 1 aromatic heterocycles. The van der Waals surface area contributed by atoms with Gasteiger partial charge in [-0.05, 0) is 30.4 Å². The Morgan fingerprint density at radius 2 is 1.88 bits per heavy atom. The molecular formula is C19H24N2O3. The smallest absolute Gasteiger partial charge is 0.311 e.